The van der Waals surface area contributed by atoms with Crippen molar-refractivity contribution in [1.29, 1.82) is 0 Å². The van der Waals surface area contributed by atoms with Gasteiger partial charge in [0, 0.05) is 6.42 Å². The highest BCUT2D eigenvalue weighted by Gasteiger charge is 2.46. The lowest BCUT2D eigenvalue weighted by Gasteiger charge is -2.12. The fourth-order valence-electron chi connectivity index (χ4n) is 2.13. The van der Waals surface area contributed by atoms with Crippen molar-refractivity contribution >= 4 is 0 Å². The van der Waals surface area contributed by atoms with Crippen LogP contribution in [-0.2, 0) is 16.8 Å². The maximum absolute atomic E-state index is 5.69. The van der Waals surface area contributed by atoms with E-state index in [1.807, 2.05) is 12.1 Å². The van der Waals surface area contributed by atoms with Crippen LogP contribution in [0, 0.1) is 0 Å². The molecule has 0 spiro atoms. The molecule has 1 unspecified atom stereocenters. The molecule has 1 heteroatoms. The summed E-state index contributed by atoms with van der Waals surface area (Å²) >= 11 is 0. The molecule has 16 heavy (non-hydrogen) atoms. The number of hydrogen-bond donors (Lipinski definition) is 0. The van der Waals surface area contributed by atoms with Crippen LogP contribution in [0.3, 0.4) is 0 Å². The third-order valence-corrected chi connectivity index (χ3v) is 3.13. The molecule has 0 radical (unpaired) electrons. The Kier molecular flexibility index (Phi) is 2.26. The lowest BCUT2D eigenvalue weighted by atomic mass is 9.93. The molecule has 80 valence electrons. The van der Waals surface area contributed by atoms with E-state index in [1.54, 1.807) is 0 Å². The first-order valence-electron chi connectivity index (χ1n) is 5.62. The number of epoxide rings is 1. The molecule has 0 saturated carbocycles. The Bertz CT molecular complexity index is 457. The normalized spacial score (nSPS) is 23.0. The molecule has 0 N–H and O–H groups in total. The molecular formula is C15H14O. The van der Waals surface area contributed by atoms with E-state index >= 15 is 0 Å². The zero-order chi connectivity index (χ0) is 10.8. The Morgan fingerprint density at radius 2 is 1.44 bits per heavy atom. The van der Waals surface area contributed by atoms with Crippen LogP contribution in [-0.4, -0.2) is 6.61 Å². The second-order valence-electron chi connectivity index (χ2n) is 4.31. The molecule has 1 atom stereocenters. The van der Waals surface area contributed by atoms with Crippen molar-refractivity contribution in [2.24, 2.45) is 0 Å². The summed E-state index contributed by atoms with van der Waals surface area (Å²) in [6.45, 7) is 0.839. The summed E-state index contributed by atoms with van der Waals surface area (Å²) in [6, 6.07) is 21.0. The summed E-state index contributed by atoms with van der Waals surface area (Å²) in [7, 11) is 0. The van der Waals surface area contributed by atoms with E-state index in [2.05, 4.69) is 48.5 Å². The average Bonchev–Trinajstić information content (AvgIpc) is 3.13. The minimum Gasteiger partial charge on any atom is -0.364 e. The van der Waals surface area contributed by atoms with Crippen molar-refractivity contribution in [3.05, 3.63) is 71.8 Å². The largest absolute Gasteiger partial charge is 0.364 e. The molecule has 1 fully saturated rings. The van der Waals surface area contributed by atoms with Crippen molar-refractivity contribution in [2.75, 3.05) is 6.61 Å². The third-order valence-electron chi connectivity index (χ3n) is 3.13. The molecule has 0 amide bonds. The topological polar surface area (TPSA) is 12.5 Å². The molecule has 1 nitrogen and oxygen atoms in total. The van der Waals surface area contributed by atoms with Gasteiger partial charge in [0.2, 0.25) is 0 Å². The van der Waals surface area contributed by atoms with Gasteiger partial charge in [0.25, 0.3) is 0 Å². The third kappa shape index (κ3) is 1.74. The van der Waals surface area contributed by atoms with Gasteiger partial charge in [-0.25, -0.2) is 0 Å². The molecule has 2 aromatic carbocycles. The minimum atomic E-state index is -0.0530. The summed E-state index contributed by atoms with van der Waals surface area (Å²) < 4.78 is 5.69. The Labute approximate surface area is 95.7 Å². The van der Waals surface area contributed by atoms with E-state index in [1.165, 1.54) is 11.1 Å². The minimum absolute atomic E-state index is 0.0530. The van der Waals surface area contributed by atoms with Gasteiger partial charge in [-0.2, -0.15) is 0 Å². The van der Waals surface area contributed by atoms with Crippen LogP contribution in [0.25, 0.3) is 0 Å². The first-order chi connectivity index (χ1) is 7.89. The highest BCUT2D eigenvalue weighted by molar-refractivity contribution is 5.30. The van der Waals surface area contributed by atoms with Gasteiger partial charge in [-0.1, -0.05) is 60.7 Å². The second kappa shape index (κ2) is 3.76. The van der Waals surface area contributed by atoms with Crippen LogP contribution in [0.2, 0.25) is 0 Å². The van der Waals surface area contributed by atoms with E-state index in [9.17, 15) is 0 Å². The summed E-state index contributed by atoms with van der Waals surface area (Å²) in [5, 5.41) is 0. The summed E-state index contributed by atoms with van der Waals surface area (Å²) in [5.74, 6) is 0. The first kappa shape index (κ1) is 9.61. The lowest BCUT2D eigenvalue weighted by Crippen LogP contribution is -2.12. The predicted molar refractivity (Wildman–Crippen MR) is 64.2 cm³/mol. The zero-order valence-corrected chi connectivity index (χ0v) is 9.10. The van der Waals surface area contributed by atoms with Gasteiger partial charge >= 0.3 is 0 Å². The van der Waals surface area contributed by atoms with Crippen molar-refractivity contribution in [1.82, 2.24) is 0 Å². The van der Waals surface area contributed by atoms with Gasteiger partial charge in [0.15, 0.2) is 0 Å². The van der Waals surface area contributed by atoms with Crippen LogP contribution in [0.15, 0.2) is 60.7 Å². The number of rotatable bonds is 3. The van der Waals surface area contributed by atoms with E-state index < -0.39 is 0 Å². The number of ether oxygens (including phenoxy) is 1. The van der Waals surface area contributed by atoms with Crippen molar-refractivity contribution in [3.8, 4) is 0 Å². The van der Waals surface area contributed by atoms with Crippen molar-refractivity contribution in [3.63, 3.8) is 0 Å². The van der Waals surface area contributed by atoms with Crippen LogP contribution >= 0.6 is 0 Å². The van der Waals surface area contributed by atoms with Crippen molar-refractivity contribution < 1.29 is 4.74 Å². The quantitative estimate of drug-likeness (QED) is 0.709. The van der Waals surface area contributed by atoms with Gasteiger partial charge in [0.05, 0.1) is 6.61 Å². The van der Waals surface area contributed by atoms with E-state index in [0.717, 1.165) is 13.0 Å². The zero-order valence-electron chi connectivity index (χ0n) is 9.10. The van der Waals surface area contributed by atoms with Crippen molar-refractivity contribution in [2.45, 2.75) is 12.0 Å². The van der Waals surface area contributed by atoms with Crippen LogP contribution in [0.5, 0.6) is 0 Å². The lowest BCUT2D eigenvalue weighted by molar-refractivity contribution is 0.306. The van der Waals surface area contributed by atoms with Gasteiger partial charge in [-0.15, -0.1) is 0 Å². The Morgan fingerprint density at radius 3 is 2.00 bits per heavy atom. The fraction of sp³-hybridized carbons (Fsp3) is 0.200. The standard InChI is InChI=1S/C15H14O/c1-3-7-13(8-4-1)11-15(12-16-15)14-9-5-2-6-10-14/h1-10H,11-12H2. The average molecular weight is 210 g/mol. The van der Waals surface area contributed by atoms with Crippen LogP contribution in [0.4, 0.5) is 0 Å². The molecule has 1 aliphatic rings. The van der Waals surface area contributed by atoms with E-state index in [4.69, 9.17) is 4.74 Å². The van der Waals surface area contributed by atoms with Gasteiger partial charge in [-0.3, -0.25) is 0 Å². The van der Waals surface area contributed by atoms with Gasteiger partial charge < -0.3 is 4.74 Å². The number of hydrogen-bond acceptors (Lipinski definition) is 1. The summed E-state index contributed by atoms with van der Waals surface area (Å²) in [5.41, 5.74) is 2.57. The molecule has 1 saturated heterocycles. The summed E-state index contributed by atoms with van der Waals surface area (Å²) in [4.78, 5) is 0. The predicted octanol–water partition coefficient (Wildman–Crippen LogP) is 3.15. The molecule has 1 heterocycles. The van der Waals surface area contributed by atoms with Gasteiger partial charge in [0.1, 0.15) is 5.60 Å². The maximum Gasteiger partial charge on any atom is 0.121 e. The summed E-state index contributed by atoms with van der Waals surface area (Å²) in [6.07, 6.45) is 0.970. The molecular weight excluding hydrogens is 196 g/mol. The van der Waals surface area contributed by atoms with Crippen LogP contribution in [0.1, 0.15) is 11.1 Å². The Balaban J connectivity index is 1.86. The highest BCUT2D eigenvalue weighted by Crippen LogP contribution is 2.41. The smallest absolute Gasteiger partial charge is 0.121 e. The molecule has 0 bridgehead atoms. The molecule has 3 rings (SSSR count). The molecule has 0 aliphatic carbocycles. The monoisotopic (exact) mass is 210 g/mol. The second-order valence-corrected chi connectivity index (χ2v) is 4.31. The highest BCUT2D eigenvalue weighted by atomic mass is 16.6. The van der Waals surface area contributed by atoms with E-state index in [-0.39, 0.29) is 5.60 Å². The number of benzene rings is 2. The fourth-order valence-corrected chi connectivity index (χ4v) is 2.13. The molecule has 0 aromatic heterocycles. The maximum atomic E-state index is 5.69. The molecule has 2 aromatic rings. The Morgan fingerprint density at radius 1 is 0.875 bits per heavy atom. The van der Waals surface area contributed by atoms with Crippen LogP contribution < -0.4 is 0 Å². The molecule has 1 aliphatic heterocycles. The SMILES string of the molecule is c1ccc(CC2(c3ccccc3)CO2)cc1. The van der Waals surface area contributed by atoms with E-state index in [0.29, 0.717) is 0 Å². The Hall–Kier alpha value is -1.60. The first-order valence-corrected chi connectivity index (χ1v) is 5.62. The van der Waals surface area contributed by atoms with Gasteiger partial charge in [-0.05, 0) is 11.1 Å².